The third-order valence-corrected chi connectivity index (χ3v) is 7.52. The van der Waals surface area contributed by atoms with Gasteiger partial charge in [0.15, 0.2) is 0 Å². The number of aryl methyl sites for hydroxylation is 1. The van der Waals surface area contributed by atoms with Crippen LogP contribution in [0.3, 0.4) is 0 Å². The Morgan fingerprint density at radius 2 is 1.31 bits per heavy atom. The van der Waals surface area contributed by atoms with E-state index in [1.165, 1.54) is 85.3 Å². The average Bonchev–Trinajstić information content (AvgIpc) is 3.21. The molecule has 0 unspecified atom stereocenters. The van der Waals surface area contributed by atoms with E-state index in [1.54, 1.807) is 0 Å². The highest BCUT2D eigenvalue weighted by atomic mass is 16.1. The van der Waals surface area contributed by atoms with Crippen LogP contribution in [0.5, 0.6) is 0 Å². The SMILES string of the molecule is C1CCCCC1.C=C(C)C(/C=C(\C)c1ccc(-c2cc(CC)ccn2)cc1)=C(C)\C=C/C.C=CC=O.CC.CC.CC.CCC(CC)NC.NC=O. The fourth-order valence-electron chi connectivity index (χ4n) is 4.73. The minimum absolute atomic E-state index is 0.250. The number of amides is 1. The quantitative estimate of drug-likeness (QED) is 0.145. The Morgan fingerprint density at radius 1 is 0.865 bits per heavy atom. The number of carbonyl (C=O) groups excluding carboxylic acids is 2. The summed E-state index contributed by atoms with van der Waals surface area (Å²) in [6.45, 7) is 34.2. The Hall–Kier alpha value is -3.83. The van der Waals surface area contributed by atoms with Gasteiger partial charge in [0.2, 0.25) is 6.41 Å². The molecule has 296 valence electrons. The van der Waals surface area contributed by atoms with Crippen molar-refractivity contribution in [1.82, 2.24) is 10.3 Å². The minimum atomic E-state index is 0.250. The highest BCUT2D eigenvalue weighted by molar-refractivity contribution is 5.71. The summed E-state index contributed by atoms with van der Waals surface area (Å²) in [4.78, 5) is 22.1. The number of primary amides is 1. The second-order valence-electron chi connectivity index (χ2n) is 11.1. The highest BCUT2D eigenvalue weighted by Crippen LogP contribution is 2.25. The van der Waals surface area contributed by atoms with E-state index in [0.29, 0.717) is 6.29 Å². The van der Waals surface area contributed by atoms with Crippen molar-refractivity contribution in [2.45, 2.75) is 154 Å². The largest absolute Gasteiger partial charge is 0.372 e. The van der Waals surface area contributed by atoms with E-state index in [-0.39, 0.29) is 6.41 Å². The molecule has 0 spiro atoms. The lowest BCUT2D eigenvalue weighted by Gasteiger charge is -2.09. The van der Waals surface area contributed by atoms with Crippen molar-refractivity contribution in [3.8, 4) is 11.3 Å². The molecule has 0 radical (unpaired) electrons. The normalized spacial score (nSPS) is 11.6. The van der Waals surface area contributed by atoms with E-state index >= 15 is 0 Å². The molecule has 1 aromatic carbocycles. The van der Waals surface area contributed by atoms with E-state index in [2.05, 4.69) is 125 Å². The molecule has 1 fully saturated rings. The van der Waals surface area contributed by atoms with Crippen LogP contribution in [-0.2, 0) is 16.0 Å². The summed E-state index contributed by atoms with van der Waals surface area (Å²) >= 11 is 0. The maximum absolute atomic E-state index is 9.06. The van der Waals surface area contributed by atoms with Gasteiger partial charge in [0, 0.05) is 17.8 Å². The van der Waals surface area contributed by atoms with E-state index in [4.69, 9.17) is 9.59 Å². The van der Waals surface area contributed by atoms with Crippen molar-refractivity contribution < 1.29 is 9.59 Å². The molecule has 1 aromatic heterocycles. The summed E-state index contributed by atoms with van der Waals surface area (Å²) in [5.41, 5.74) is 13.6. The number of nitrogens with zero attached hydrogens (tertiary/aromatic N) is 1. The van der Waals surface area contributed by atoms with Crippen molar-refractivity contribution in [3.63, 3.8) is 0 Å². The molecule has 52 heavy (non-hydrogen) atoms. The van der Waals surface area contributed by atoms with Crippen molar-refractivity contribution >= 4 is 18.3 Å². The number of aldehydes is 1. The number of nitrogens with one attached hydrogen (secondary N) is 1. The number of benzene rings is 1. The van der Waals surface area contributed by atoms with Crippen LogP contribution in [0.4, 0.5) is 0 Å². The fourth-order valence-corrected chi connectivity index (χ4v) is 4.73. The van der Waals surface area contributed by atoms with Gasteiger partial charge in [-0.3, -0.25) is 14.6 Å². The van der Waals surface area contributed by atoms with E-state index in [0.717, 1.165) is 29.3 Å². The Morgan fingerprint density at radius 3 is 1.62 bits per heavy atom. The standard InChI is InChI=1S/C25H29N.C6H15N.C6H12.C3H4O.3C2H6.CH3NO/c1-7-9-19(5)24(18(3)4)16-20(6)22-10-12-23(13-11-22)25-17-21(8-2)14-15-26-25;1-4-6(5-2)7-3;1-2-4-6-5-3-1;1-2-3-4;3*1-2;2-1-3/h7,9-17H,3,8H2,1-2,4-6H3;6-7H,4-5H2,1-3H3;1-6H2;2-3H,1H2;3*1-2H3;1H,(H2,2,3)/b9-7-,20-16+,24-19-;;;;;;;. The van der Waals surface area contributed by atoms with E-state index < -0.39 is 0 Å². The number of carbonyl (C=O) groups is 2. The second kappa shape index (κ2) is 45.2. The van der Waals surface area contributed by atoms with Gasteiger partial charge >= 0.3 is 0 Å². The molecule has 0 saturated heterocycles. The molecule has 5 heteroatoms. The molecule has 3 rings (SSSR count). The van der Waals surface area contributed by atoms with Crippen molar-refractivity contribution in [2.24, 2.45) is 5.73 Å². The second-order valence-corrected chi connectivity index (χ2v) is 11.1. The molecule has 0 aliphatic heterocycles. The summed E-state index contributed by atoms with van der Waals surface area (Å²) in [5.74, 6) is 0. The first-order chi connectivity index (χ1) is 25.1. The maximum atomic E-state index is 9.06. The first-order valence-corrected chi connectivity index (χ1v) is 19.8. The van der Waals surface area contributed by atoms with Gasteiger partial charge in [-0.2, -0.15) is 0 Å². The summed E-state index contributed by atoms with van der Waals surface area (Å²) in [6, 6.07) is 13.6. The molecule has 0 bridgehead atoms. The number of allylic oxidation sites excluding steroid dienone is 8. The van der Waals surface area contributed by atoms with Crippen LogP contribution in [0.25, 0.3) is 16.8 Å². The summed E-state index contributed by atoms with van der Waals surface area (Å²) in [5, 5.41) is 3.20. The van der Waals surface area contributed by atoms with Gasteiger partial charge in [-0.05, 0) is 100 Å². The number of aromatic nitrogens is 1. The number of nitrogens with two attached hydrogens (primary N) is 1. The van der Waals surface area contributed by atoms with Crippen LogP contribution in [0, 0.1) is 0 Å². The van der Waals surface area contributed by atoms with Gasteiger partial charge in [-0.1, -0.05) is 162 Å². The molecule has 1 aliphatic carbocycles. The molecular weight excluding hydrogens is 639 g/mol. The molecule has 1 saturated carbocycles. The highest BCUT2D eigenvalue weighted by Gasteiger charge is 2.04. The van der Waals surface area contributed by atoms with E-state index in [1.807, 2.05) is 61.7 Å². The average molecular weight is 720 g/mol. The van der Waals surface area contributed by atoms with E-state index in [9.17, 15) is 0 Å². The first-order valence-electron chi connectivity index (χ1n) is 19.8. The topological polar surface area (TPSA) is 85.1 Å². The van der Waals surface area contributed by atoms with Crippen molar-refractivity contribution in [2.75, 3.05) is 7.05 Å². The molecule has 2 aromatic rings. The van der Waals surface area contributed by atoms with Gasteiger partial charge in [0.05, 0.1) is 5.69 Å². The zero-order valence-electron chi connectivity index (χ0n) is 36.2. The number of hydrogen-bond donors (Lipinski definition) is 2. The third-order valence-electron chi connectivity index (χ3n) is 7.52. The van der Waals surface area contributed by atoms with Gasteiger partial charge in [-0.25, -0.2) is 0 Å². The van der Waals surface area contributed by atoms with Crippen LogP contribution in [-0.4, -0.2) is 30.8 Å². The van der Waals surface area contributed by atoms with Gasteiger partial charge in [0.25, 0.3) is 0 Å². The predicted octanol–water partition coefficient (Wildman–Crippen LogP) is 13.5. The van der Waals surface area contributed by atoms with Gasteiger partial charge < -0.3 is 11.1 Å². The van der Waals surface area contributed by atoms with Crippen LogP contribution < -0.4 is 11.1 Å². The Kier molecular flexibility index (Phi) is 50.0. The Labute approximate surface area is 323 Å². The molecule has 5 nitrogen and oxygen atoms in total. The van der Waals surface area contributed by atoms with Crippen LogP contribution >= 0.6 is 0 Å². The summed E-state index contributed by atoms with van der Waals surface area (Å²) in [7, 11) is 2.01. The summed E-state index contributed by atoms with van der Waals surface area (Å²) < 4.78 is 0. The van der Waals surface area contributed by atoms with Crippen molar-refractivity contribution in [3.05, 3.63) is 108 Å². The van der Waals surface area contributed by atoms with Crippen LogP contribution in [0.1, 0.15) is 153 Å². The monoisotopic (exact) mass is 720 g/mol. The first kappa shape index (κ1) is 57.5. The zero-order chi connectivity index (χ0) is 41.2. The Bertz CT molecular complexity index is 1180. The smallest absolute Gasteiger partial charge is 0.204 e. The van der Waals surface area contributed by atoms with Gasteiger partial charge in [0.1, 0.15) is 6.29 Å². The third kappa shape index (κ3) is 32.1. The molecule has 0 atom stereocenters. The van der Waals surface area contributed by atoms with Crippen LogP contribution in [0.2, 0.25) is 0 Å². The summed E-state index contributed by atoms with van der Waals surface area (Å²) in [6.07, 6.45) is 22.9. The van der Waals surface area contributed by atoms with Crippen molar-refractivity contribution in [1.29, 1.82) is 0 Å². The zero-order valence-corrected chi connectivity index (χ0v) is 36.2. The Balaban J connectivity index is -0.000000230. The van der Waals surface area contributed by atoms with Gasteiger partial charge in [-0.15, -0.1) is 0 Å². The lowest BCUT2D eigenvalue weighted by Crippen LogP contribution is -2.22. The number of hydrogen-bond acceptors (Lipinski definition) is 4. The molecule has 3 N–H and O–H groups in total. The van der Waals surface area contributed by atoms with Crippen LogP contribution in [0.15, 0.2) is 96.8 Å². The lowest BCUT2D eigenvalue weighted by atomic mass is 9.96. The molecule has 1 aliphatic rings. The molecule has 1 amide bonds. The molecule has 1 heterocycles. The lowest BCUT2D eigenvalue weighted by molar-refractivity contribution is -0.107. The minimum Gasteiger partial charge on any atom is -0.372 e. The fraction of sp³-hybridized carbons (Fsp3) is 0.511. The predicted molar refractivity (Wildman–Crippen MR) is 237 cm³/mol. The number of rotatable bonds is 10. The number of pyridine rings is 1. The molecular formula is C47H81N3O2. The maximum Gasteiger partial charge on any atom is 0.204 e.